The third-order valence-corrected chi connectivity index (χ3v) is 3.49. The van der Waals surface area contributed by atoms with E-state index in [1.807, 2.05) is 6.07 Å². The molecular weight excluding hydrogens is 387 g/mol. The van der Waals surface area contributed by atoms with Crippen LogP contribution in [0.4, 0.5) is 18.9 Å². The number of aromatic nitrogens is 4. The first-order valence-corrected chi connectivity index (χ1v) is 7.91. The van der Waals surface area contributed by atoms with E-state index in [9.17, 15) is 22.8 Å². The third-order valence-electron chi connectivity index (χ3n) is 3.49. The minimum Gasteiger partial charge on any atom is -0.475 e. The van der Waals surface area contributed by atoms with Crippen LogP contribution < -0.4 is 11.0 Å². The van der Waals surface area contributed by atoms with Gasteiger partial charge in [0.05, 0.1) is 11.4 Å². The molecule has 0 radical (unpaired) electrons. The van der Waals surface area contributed by atoms with Crippen molar-refractivity contribution in [1.29, 1.82) is 0 Å². The fraction of sp³-hybridized carbons (Fsp3) is 0.400. The first-order chi connectivity index (χ1) is 13.1. The zero-order valence-electron chi connectivity index (χ0n) is 14.5. The highest BCUT2D eigenvalue weighted by Crippen LogP contribution is 2.20. The molecule has 3 rings (SSSR count). The number of ether oxygens (including phenoxy) is 1. The molecule has 0 aliphatic carbocycles. The number of aryl methyl sites for hydroxylation is 2. The summed E-state index contributed by atoms with van der Waals surface area (Å²) >= 11 is 0. The highest BCUT2D eigenvalue weighted by Gasteiger charge is 2.38. The molecule has 3 N–H and O–H groups in total. The molecule has 0 amide bonds. The molecule has 0 fully saturated rings. The van der Waals surface area contributed by atoms with Crippen LogP contribution in [-0.4, -0.2) is 49.5 Å². The number of aromatic amines is 1. The molecular formula is C15H16F3N5O5. The van der Waals surface area contributed by atoms with E-state index in [-0.39, 0.29) is 18.0 Å². The highest BCUT2D eigenvalue weighted by atomic mass is 19.4. The van der Waals surface area contributed by atoms with E-state index in [0.29, 0.717) is 5.82 Å². The SMILES string of the molecule is Cn1nc(COC(=O)c2ccc3c(n2)CCCN3)[nH]c1=O.O=C(O)C(F)(F)F. The summed E-state index contributed by atoms with van der Waals surface area (Å²) in [5.41, 5.74) is 1.75. The topological polar surface area (TPSA) is 139 Å². The number of halogens is 3. The number of nitrogens with one attached hydrogen (secondary N) is 2. The van der Waals surface area contributed by atoms with Crippen molar-refractivity contribution in [3.8, 4) is 0 Å². The van der Waals surface area contributed by atoms with E-state index in [1.165, 1.54) is 7.05 Å². The van der Waals surface area contributed by atoms with E-state index in [2.05, 4.69) is 20.4 Å². The lowest BCUT2D eigenvalue weighted by atomic mass is 10.1. The average molecular weight is 403 g/mol. The van der Waals surface area contributed by atoms with Crippen molar-refractivity contribution in [2.24, 2.45) is 7.05 Å². The molecule has 1 aliphatic rings. The molecule has 2 aromatic rings. The number of esters is 1. The van der Waals surface area contributed by atoms with E-state index < -0.39 is 18.1 Å². The maximum Gasteiger partial charge on any atom is 0.490 e. The van der Waals surface area contributed by atoms with Crippen molar-refractivity contribution in [2.75, 3.05) is 11.9 Å². The summed E-state index contributed by atoms with van der Waals surface area (Å²) in [6.07, 6.45) is -3.25. The van der Waals surface area contributed by atoms with Crippen molar-refractivity contribution in [1.82, 2.24) is 19.7 Å². The smallest absolute Gasteiger partial charge is 0.475 e. The molecule has 0 spiro atoms. The number of fused-ring (bicyclic) bond motifs is 1. The van der Waals surface area contributed by atoms with Gasteiger partial charge in [-0.1, -0.05) is 0 Å². The van der Waals surface area contributed by atoms with Gasteiger partial charge in [0, 0.05) is 13.6 Å². The van der Waals surface area contributed by atoms with Crippen molar-refractivity contribution < 1.29 is 32.6 Å². The standard InChI is InChI=1S/C13H15N5O3.C2HF3O2/c1-18-13(20)16-11(17-18)7-21-12(19)10-5-4-8-9(15-10)3-2-6-14-8;3-2(4,5)1(6)7/h4-5,14H,2-3,6-7H2,1H3,(H,16,17,20);(H,6,7). The lowest BCUT2D eigenvalue weighted by molar-refractivity contribution is -0.192. The molecule has 13 heteroatoms. The van der Waals surface area contributed by atoms with Crippen molar-refractivity contribution in [3.63, 3.8) is 0 Å². The average Bonchev–Trinajstić information content (AvgIpc) is 2.97. The number of carbonyl (C=O) groups excluding carboxylic acids is 1. The van der Waals surface area contributed by atoms with Crippen LogP contribution in [0, 0.1) is 0 Å². The maximum atomic E-state index is 12.0. The van der Waals surface area contributed by atoms with Gasteiger partial charge in [0.2, 0.25) is 0 Å². The summed E-state index contributed by atoms with van der Waals surface area (Å²) < 4.78 is 38.0. The van der Waals surface area contributed by atoms with Gasteiger partial charge in [0.25, 0.3) is 0 Å². The highest BCUT2D eigenvalue weighted by molar-refractivity contribution is 5.87. The van der Waals surface area contributed by atoms with Crippen molar-refractivity contribution >= 4 is 17.6 Å². The van der Waals surface area contributed by atoms with Gasteiger partial charge in [-0.3, -0.25) is 4.98 Å². The maximum absolute atomic E-state index is 12.0. The van der Waals surface area contributed by atoms with Gasteiger partial charge in [0.15, 0.2) is 12.4 Å². The molecule has 1 aliphatic heterocycles. The summed E-state index contributed by atoms with van der Waals surface area (Å²) in [4.78, 5) is 38.9. The van der Waals surface area contributed by atoms with Crippen LogP contribution in [0.5, 0.6) is 0 Å². The predicted molar refractivity (Wildman–Crippen MR) is 87.7 cm³/mol. The Morgan fingerprint density at radius 1 is 1.36 bits per heavy atom. The van der Waals surface area contributed by atoms with E-state index in [0.717, 1.165) is 35.4 Å². The Kier molecular flexibility index (Phi) is 6.38. The first-order valence-electron chi connectivity index (χ1n) is 7.91. The molecule has 0 saturated heterocycles. The quantitative estimate of drug-likeness (QED) is 0.641. The zero-order valence-corrected chi connectivity index (χ0v) is 14.5. The summed E-state index contributed by atoms with van der Waals surface area (Å²) in [7, 11) is 1.52. The third kappa shape index (κ3) is 5.56. The molecule has 0 bridgehead atoms. The number of H-pyrrole nitrogens is 1. The van der Waals surface area contributed by atoms with Crippen LogP contribution in [-0.2, 0) is 29.6 Å². The van der Waals surface area contributed by atoms with Gasteiger partial charge in [-0.05, 0) is 25.0 Å². The number of hydrogen-bond acceptors (Lipinski definition) is 7. The van der Waals surface area contributed by atoms with Gasteiger partial charge in [-0.25, -0.2) is 24.0 Å². The Labute approximate surface area is 155 Å². The number of pyridine rings is 1. The Bertz CT molecular complexity index is 922. The number of alkyl halides is 3. The summed E-state index contributed by atoms with van der Waals surface area (Å²) in [5.74, 6) is -2.99. The van der Waals surface area contributed by atoms with Gasteiger partial charge in [-0.2, -0.15) is 18.3 Å². The molecule has 3 heterocycles. The van der Waals surface area contributed by atoms with E-state index >= 15 is 0 Å². The Balaban J connectivity index is 0.000000345. The number of carboxylic acids is 1. The Morgan fingerprint density at radius 3 is 2.61 bits per heavy atom. The number of carbonyl (C=O) groups is 2. The van der Waals surface area contributed by atoms with Crippen LogP contribution in [0.15, 0.2) is 16.9 Å². The van der Waals surface area contributed by atoms with E-state index in [4.69, 9.17) is 14.6 Å². The van der Waals surface area contributed by atoms with Gasteiger partial charge < -0.3 is 15.2 Å². The van der Waals surface area contributed by atoms with E-state index in [1.54, 1.807) is 6.07 Å². The van der Waals surface area contributed by atoms with Crippen LogP contribution in [0.25, 0.3) is 0 Å². The largest absolute Gasteiger partial charge is 0.490 e. The fourth-order valence-corrected chi connectivity index (χ4v) is 2.17. The molecule has 10 nitrogen and oxygen atoms in total. The van der Waals surface area contributed by atoms with Gasteiger partial charge in [-0.15, -0.1) is 0 Å². The summed E-state index contributed by atoms with van der Waals surface area (Å²) in [6, 6.07) is 3.46. The Morgan fingerprint density at radius 2 is 2.04 bits per heavy atom. The lowest BCUT2D eigenvalue weighted by Gasteiger charge is -2.17. The van der Waals surface area contributed by atoms with Gasteiger partial charge in [0.1, 0.15) is 5.69 Å². The molecule has 2 aromatic heterocycles. The normalized spacial score (nSPS) is 12.9. The molecule has 0 saturated carbocycles. The molecule has 0 aromatic carbocycles. The second-order valence-corrected chi connectivity index (χ2v) is 5.60. The lowest BCUT2D eigenvalue weighted by Crippen LogP contribution is -2.21. The van der Waals surface area contributed by atoms with Gasteiger partial charge >= 0.3 is 23.8 Å². The number of carboxylic acid groups (broad SMARTS) is 1. The number of aliphatic carboxylic acids is 1. The minimum absolute atomic E-state index is 0.0913. The first kappa shape index (κ1) is 20.9. The zero-order chi connectivity index (χ0) is 20.9. The predicted octanol–water partition coefficient (Wildman–Crippen LogP) is 0.852. The van der Waals surface area contributed by atoms with Crippen LogP contribution in [0.2, 0.25) is 0 Å². The van der Waals surface area contributed by atoms with Crippen molar-refractivity contribution in [3.05, 3.63) is 39.8 Å². The number of anilines is 1. The summed E-state index contributed by atoms with van der Waals surface area (Å²) in [6.45, 7) is 0.831. The van der Waals surface area contributed by atoms with Crippen LogP contribution in [0.1, 0.15) is 28.4 Å². The fourth-order valence-electron chi connectivity index (χ4n) is 2.17. The second-order valence-electron chi connectivity index (χ2n) is 5.60. The Hall–Kier alpha value is -3.38. The molecule has 28 heavy (non-hydrogen) atoms. The second kappa shape index (κ2) is 8.54. The monoisotopic (exact) mass is 403 g/mol. The number of hydrogen-bond donors (Lipinski definition) is 3. The molecule has 152 valence electrons. The minimum atomic E-state index is -5.08. The summed E-state index contributed by atoms with van der Waals surface area (Å²) in [5, 5.41) is 14.2. The molecule has 0 unspecified atom stereocenters. The number of rotatable bonds is 3. The van der Waals surface area contributed by atoms with Crippen LogP contribution >= 0.6 is 0 Å². The van der Waals surface area contributed by atoms with Crippen LogP contribution in [0.3, 0.4) is 0 Å². The number of nitrogens with zero attached hydrogens (tertiary/aromatic N) is 3. The molecule has 0 atom stereocenters. The van der Waals surface area contributed by atoms with Crippen molar-refractivity contribution in [2.45, 2.75) is 25.6 Å².